The number of β-amino-alcohol motifs (C(OH)–C–C–N with tert-alkyl or cyclic N) is 1. The van der Waals surface area contributed by atoms with Gasteiger partial charge in [0, 0.05) is 51.1 Å². The van der Waals surface area contributed by atoms with Crippen LogP contribution in [0.5, 0.6) is 0 Å². The van der Waals surface area contributed by atoms with Crippen molar-refractivity contribution in [3.63, 3.8) is 0 Å². The molecule has 5 fully saturated rings. The van der Waals surface area contributed by atoms with Gasteiger partial charge in [0.25, 0.3) is 0 Å². The van der Waals surface area contributed by atoms with Crippen molar-refractivity contribution in [2.24, 2.45) is 34.5 Å². The van der Waals surface area contributed by atoms with Gasteiger partial charge in [-0.3, -0.25) is 14.6 Å². The summed E-state index contributed by atoms with van der Waals surface area (Å²) in [6.45, 7) is 8.68. The number of alkyl halides is 3. The minimum Gasteiger partial charge on any atom is -0.389 e. The molecule has 4 nitrogen and oxygen atoms in total. The summed E-state index contributed by atoms with van der Waals surface area (Å²) in [5, 5.41) is 11.8. The highest BCUT2D eigenvalue weighted by molar-refractivity contribution is 5.87. The Labute approximate surface area is 231 Å². The van der Waals surface area contributed by atoms with E-state index in [0.29, 0.717) is 61.2 Å². The van der Waals surface area contributed by atoms with Crippen molar-refractivity contribution < 1.29 is 23.1 Å². The fraction of sp³-hybridized carbons (Fsp3) is 0.781. The number of carbonyl (C=O) groups excluding carboxylic acids is 1. The lowest BCUT2D eigenvalue weighted by Gasteiger charge is -2.61. The molecule has 2 unspecified atom stereocenters. The SMILES string of the molecule is C[C@]12CCC(O)(CN3CCN(Cc4ccccc4C(F)(F)F)CC3)CC1CC[C@@H]1[C@H]2CC[C@]2(C)C(=O)CC[C@@H]12. The number of piperazine rings is 1. The van der Waals surface area contributed by atoms with E-state index >= 15 is 0 Å². The third-order valence-corrected chi connectivity index (χ3v) is 12.2. The van der Waals surface area contributed by atoms with Crippen LogP contribution in [0.25, 0.3) is 0 Å². The van der Waals surface area contributed by atoms with Crippen LogP contribution in [0.3, 0.4) is 0 Å². The van der Waals surface area contributed by atoms with E-state index in [4.69, 9.17) is 0 Å². The summed E-state index contributed by atoms with van der Waals surface area (Å²) in [7, 11) is 0. The molecule has 1 aliphatic heterocycles. The van der Waals surface area contributed by atoms with Crippen molar-refractivity contribution in [2.45, 2.75) is 90.0 Å². The number of nitrogens with zero attached hydrogens (tertiary/aromatic N) is 2. The number of benzene rings is 1. The van der Waals surface area contributed by atoms with E-state index in [1.165, 1.54) is 18.6 Å². The number of halogens is 3. The second-order valence-electron chi connectivity index (χ2n) is 14.2. The number of fused-ring (bicyclic) bond motifs is 5. The van der Waals surface area contributed by atoms with Gasteiger partial charge in [0.2, 0.25) is 0 Å². The first-order valence-corrected chi connectivity index (χ1v) is 15.3. The van der Waals surface area contributed by atoms with Gasteiger partial charge in [-0.05, 0) is 92.1 Å². The Balaban J connectivity index is 1.05. The van der Waals surface area contributed by atoms with Crippen LogP contribution in [0.15, 0.2) is 24.3 Å². The second kappa shape index (κ2) is 9.84. The second-order valence-corrected chi connectivity index (χ2v) is 14.2. The Morgan fingerprint density at radius 1 is 0.923 bits per heavy atom. The first-order chi connectivity index (χ1) is 18.4. The van der Waals surface area contributed by atoms with Gasteiger partial charge in [0.15, 0.2) is 0 Å². The molecule has 0 aromatic heterocycles. The first-order valence-electron chi connectivity index (χ1n) is 15.3. The van der Waals surface area contributed by atoms with E-state index in [9.17, 15) is 23.1 Å². The molecule has 0 spiro atoms. The molecular weight excluding hydrogens is 501 g/mol. The number of rotatable bonds is 4. The number of carbonyl (C=O) groups is 1. The Morgan fingerprint density at radius 2 is 1.64 bits per heavy atom. The molecule has 216 valence electrons. The fourth-order valence-corrected chi connectivity index (χ4v) is 9.93. The summed E-state index contributed by atoms with van der Waals surface area (Å²) in [5.74, 6) is 2.92. The molecule has 1 aromatic carbocycles. The predicted molar refractivity (Wildman–Crippen MR) is 145 cm³/mol. The molecule has 6 rings (SSSR count). The zero-order valence-electron chi connectivity index (χ0n) is 23.6. The van der Waals surface area contributed by atoms with Crippen LogP contribution < -0.4 is 0 Å². The van der Waals surface area contributed by atoms with Crippen molar-refractivity contribution in [1.29, 1.82) is 0 Å². The largest absolute Gasteiger partial charge is 0.416 e. The van der Waals surface area contributed by atoms with Gasteiger partial charge in [-0.1, -0.05) is 32.0 Å². The molecule has 0 bridgehead atoms. The van der Waals surface area contributed by atoms with Gasteiger partial charge in [-0.2, -0.15) is 13.2 Å². The molecule has 1 N–H and O–H groups in total. The van der Waals surface area contributed by atoms with E-state index in [0.717, 1.165) is 64.5 Å². The lowest BCUT2D eigenvalue weighted by atomic mass is 9.44. The van der Waals surface area contributed by atoms with Crippen LogP contribution in [0.4, 0.5) is 13.2 Å². The number of hydrogen-bond acceptors (Lipinski definition) is 4. The van der Waals surface area contributed by atoms with Crippen molar-refractivity contribution in [3.8, 4) is 0 Å². The minimum atomic E-state index is -4.33. The molecular formula is C32H45F3N2O2. The quantitative estimate of drug-likeness (QED) is 0.491. The zero-order chi connectivity index (χ0) is 27.6. The molecule has 0 amide bonds. The predicted octanol–water partition coefficient (Wildman–Crippen LogP) is 6.17. The molecule has 0 radical (unpaired) electrons. The third kappa shape index (κ3) is 4.88. The highest BCUT2D eigenvalue weighted by Crippen LogP contribution is 2.66. The highest BCUT2D eigenvalue weighted by Gasteiger charge is 2.61. The van der Waals surface area contributed by atoms with Crippen molar-refractivity contribution >= 4 is 5.78 Å². The highest BCUT2D eigenvalue weighted by atomic mass is 19.4. The van der Waals surface area contributed by atoms with Crippen molar-refractivity contribution in [1.82, 2.24) is 9.80 Å². The lowest BCUT2D eigenvalue weighted by molar-refractivity contribution is -0.158. The number of ketones is 1. The van der Waals surface area contributed by atoms with Gasteiger partial charge in [-0.25, -0.2) is 0 Å². The van der Waals surface area contributed by atoms with Crippen LogP contribution in [0, 0.1) is 34.5 Å². The zero-order valence-corrected chi connectivity index (χ0v) is 23.6. The van der Waals surface area contributed by atoms with Gasteiger partial charge in [0.05, 0.1) is 11.2 Å². The van der Waals surface area contributed by atoms with Gasteiger partial charge in [-0.15, -0.1) is 0 Å². The monoisotopic (exact) mass is 546 g/mol. The summed E-state index contributed by atoms with van der Waals surface area (Å²) >= 11 is 0. The summed E-state index contributed by atoms with van der Waals surface area (Å²) in [6, 6.07) is 5.89. The third-order valence-electron chi connectivity index (χ3n) is 12.2. The molecule has 1 aromatic rings. The van der Waals surface area contributed by atoms with Crippen molar-refractivity contribution in [2.75, 3.05) is 32.7 Å². The summed E-state index contributed by atoms with van der Waals surface area (Å²) in [5.41, 5.74) is -0.717. The molecule has 4 saturated carbocycles. The Hall–Kier alpha value is -1.44. The minimum absolute atomic E-state index is 0.0866. The maximum absolute atomic E-state index is 13.4. The normalized spacial score (nSPS) is 41.6. The molecule has 1 heterocycles. The maximum Gasteiger partial charge on any atom is 0.416 e. The van der Waals surface area contributed by atoms with Crippen LogP contribution >= 0.6 is 0 Å². The Bertz CT molecular complexity index is 1090. The van der Waals surface area contributed by atoms with Gasteiger partial charge in [0.1, 0.15) is 5.78 Å². The molecule has 5 aliphatic rings. The average molecular weight is 547 g/mol. The average Bonchev–Trinajstić information content (AvgIpc) is 3.20. The molecule has 1 saturated heterocycles. The van der Waals surface area contributed by atoms with E-state index in [2.05, 4.69) is 23.6 Å². The summed E-state index contributed by atoms with van der Waals surface area (Å²) in [6.07, 6.45) is 4.82. The number of Topliss-reactive ketones (excluding diaryl/α,β-unsaturated/α-hetero) is 1. The van der Waals surface area contributed by atoms with Crippen LogP contribution in [0.1, 0.15) is 82.8 Å². The molecule has 39 heavy (non-hydrogen) atoms. The smallest absolute Gasteiger partial charge is 0.389 e. The van der Waals surface area contributed by atoms with E-state index in [-0.39, 0.29) is 10.8 Å². The topological polar surface area (TPSA) is 43.8 Å². The lowest BCUT2D eigenvalue weighted by Crippen LogP contribution is -2.59. The van der Waals surface area contributed by atoms with Crippen LogP contribution in [-0.4, -0.2) is 59.0 Å². The van der Waals surface area contributed by atoms with E-state index in [1.807, 2.05) is 0 Å². The van der Waals surface area contributed by atoms with E-state index in [1.54, 1.807) is 12.1 Å². The summed E-state index contributed by atoms with van der Waals surface area (Å²) < 4.78 is 40.3. The van der Waals surface area contributed by atoms with Gasteiger partial charge < -0.3 is 5.11 Å². The van der Waals surface area contributed by atoms with Crippen LogP contribution in [0.2, 0.25) is 0 Å². The molecule has 4 aliphatic carbocycles. The van der Waals surface area contributed by atoms with E-state index < -0.39 is 17.3 Å². The maximum atomic E-state index is 13.4. The van der Waals surface area contributed by atoms with Gasteiger partial charge >= 0.3 is 6.18 Å². The van der Waals surface area contributed by atoms with Crippen molar-refractivity contribution in [3.05, 3.63) is 35.4 Å². The summed E-state index contributed by atoms with van der Waals surface area (Å²) in [4.78, 5) is 17.2. The standard InChI is InChI=1S/C32H45F3N2O2/c1-29-13-14-31(39,19-23(29)7-8-24-26-9-10-28(38)30(26,2)12-11-27(24)29)21-37-17-15-36(16-18-37)20-22-5-3-4-6-25(22)32(33,34)35/h3-6,23-24,26-27,39H,7-21H2,1-2H3/t23?,24-,26-,27+,29-,30-,31?/m0/s1. The first kappa shape index (κ1) is 27.7. The fourth-order valence-electron chi connectivity index (χ4n) is 9.93. The molecule has 7 atom stereocenters. The Kier molecular flexibility index (Phi) is 6.99. The molecule has 7 heteroatoms. The number of hydrogen-bond donors (Lipinski definition) is 1. The number of aliphatic hydroxyl groups is 1. The Morgan fingerprint density at radius 3 is 2.38 bits per heavy atom. The van der Waals surface area contributed by atoms with Crippen LogP contribution in [-0.2, 0) is 17.5 Å².